The lowest BCUT2D eigenvalue weighted by molar-refractivity contribution is -0.192. The zero-order chi connectivity index (χ0) is 21.9. The molecule has 0 atom stereocenters. The second-order valence-electron chi connectivity index (χ2n) is 7.24. The van der Waals surface area contributed by atoms with E-state index in [4.69, 9.17) is 14.9 Å². The number of imidazole rings is 1. The molecule has 0 aliphatic carbocycles. The summed E-state index contributed by atoms with van der Waals surface area (Å²) in [7, 11) is 0. The Morgan fingerprint density at radius 2 is 1.73 bits per heavy atom. The maximum absolute atomic E-state index is 12.2. The summed E-state index contributed by atoms with van der Waals surface area (Å²) in [6.07, 6.45) is -1.26. The molecule has 1 aromatic heterocycles. The highest BCUT2D eigenvalue weighted by molar-refractivity contribution is 5.75. The van der Waals surface area contributed by atoms with Crippen LogP contribution in [0.1, 0.15) is 25.6 Å². The molecular formula is C20H23F3N4O3. The Hall–Kier alpha value is -2.88. The first kappa shape index (κ1) is 21.8. The van der Waals surface area contributed by atoms with Crippen LogP contribution in [0, 0.1) is 0 Å². The summed E-state index contributed by atoms with van der Waals surface area (Å²) < 4.78 is 34.1. The molecule has 2 aliphatic rings. The van der Waals surface area contributed by atoms with Crippen molar-refractivity contribution in [3.05, 3.63) is 42.4 Å². The number of amides is 1. The molecule has 2 aromatic rings. The van der Waals surface area contributed by atoms with E-state index in [2.05, 4.69) is 34.1 Å². The zero-order valence-electron chi connectivity index (χ0n) is 16.4. The number of carboxylic acids is 1. The predicted octanol–water partition coefficient (Wildman–Crippen LogP) is 2.62. The Labute approximate surface area is 171 Å². The van der Waals surface area contributed by atoms with Crippen LogP contribution in [0.2, 0.25) is 0 Å². The van der Waals surface area contributed by atoms with Crippen molar-refractivity contribution < 1.29 is 27.9 Å². The molecule has 2 N–H and O–H groups in total. The van der Waals surface area contributed by atoms with Crippen LogP contribution in [0.4, 0.5) is 13.2 Å². The molecule has 4 rings (SSSR count). The highest BCUT2D eigenvalue weighted by Gasteiger charge is 2.47. The maximum atomic E-state index is 12.2. The van der Waals surface area contributed by atoms with Gasteiger partial charge in [-0.25, -0.2) is 9.78 Å². The Kier molecular flexibility index (Phi) is 6.16. The number of halogens is 3. The van der Waals surface area contributed by atoms with Gasteiger partial charge in [-0.05, 0) is 31.5 Å². The summed E-state index contributed by atoms with van der Waals surface area (Å²) in [6.45, 7) is 5.11. The van der Waals surface area contributed by atoms with Gasteiger partial charge in [-0.15, -0.1) is 0 Å². The van der Waals surface area contributed by atoms with Crippen molar-refractivity contribution in [2.45, 2.75) is 38.0 Å². The number of carboxylic acid groups (broad SMARTS) is 1. The van der Waals surface area contributed by atoms with Crippen molar-refractivity contribution in [3.8, 4) is 11.3 Å². The van der Waals surface area contributed by atoms with Crippen LogP contribution in [0.3, 0.4) is 0 Å². The van der Waals surface area contributed by atoms with E-state index in [1.165, 1.54) is 5.56 Å². The van der Waals surface area contributed by atoms with Crippen LogP contribution in [0.5, 0.6) is 0 Å². The average Bonchev–Trinajstić information content (AvgIpc) is 3.14. The summed E-state index contributed by atoms with van der Waals surface area (Å²) in [5.74, 6) is -1.55. The average molecular weight is 424 g/mol. The molecule has 1 amide bonds. The van der Waals surface area contributed by atoms with Gasteiger partial charge in [-0.3, -0.25) is 4.79 Å². The lowest BCUT2D eigenvalue weighted by atomic mass is 9.83. The highest BCUT2D eigenvalue weighted by Crippen LogP contribution is 2.41. The SMILES string of the molecule is CC(=O)N1CCn2c(-c3ccccc3)cnc2C12CCNCC2.O=C(O)C(F)(F)F. The van der Waals surface area contributed by atoms with Gasteiger partial charge in [0.25, 0.3) is 0 Å². The fourth-order valence-corrected chi connectivity index (χ4v) is 4.14. The van der Waals surface area contributed by atoms with Gasteiger partial charge in [-0.1, -0.05) is 30.3 Å². The Bertz CT molecular complexity index is 906. The van der Waals surface area contributed by atoms with Gasteiger partial charge < -0.3 is 19.9 Å². The van der Waals surface area contributed by atoms with Crippen molar-refractivity contribution in [1.82, 2.24) is 19.8 Å². The normalized spacial score (nSPS) is 17.7. The molecule has 3 heterocycles. The van der Waals surface area contributed by atoms with Crippen LogP contribution in [0.25, 0.3) is 11.3 Å². The van der Waals surface area contributed by atoms with E-state index in [9.17, 15) is 18.0 Å². The van der Waals surface area contributed by atoms with Crippen molar-refractivity contribution in [1.29, 1.82) is 0 Å². The smallest absolute Gasteiger partial charge is 0.475 e. The molecule has 0 unspecified atom stereocenters. The monoisotopic (exact) mass is 424 g/mol. The minimum atomic E-state index is -5.08. The number of fused-ring (bicyclic) bond motifs is 2. The van der Waals surface area contributed by atoms with Crippen molar-refractivity contribution in [2.75, 3.05) is 19.6 Å². The summed E-state index contributed by atoms with van der Waals surface area (Å²) in [4.78, 5) is 28.0. The van der Waals surface area contributed by atoms with Gasteiger partial charge in [0.1, 0.15) is 11.4 Å². The fraction of sp³-hybridized carbons (Fsp3) is 0.450. The van der Waals surface area contributed by atoms with E-state index < -0.39 is 12.1 Å². The first-order valence-electron chi connectivity index (χ1n) is 9.57. The molecule has 1 spiro atoms. The molecular weight excluding hydrogens is 401 g/mol. The van der Waals surface area contributed by atoms with E-state index in [0.29, 0.717) is 0 Å². The standard InChI is InChI=1S/C18H22N4O.C2HF3O2/c1-14(23)22-12-11-21-16(15-5-3-2-4-6-15)13-20-17(21)18(22)7-9-19-10-8-18;3-2(4,5)1(6)7/h2-6,13,19H,7-12H2,1H3;(H,6,7). The number of piperidine rings is 1. The van der Waals surface area contributed by atoms with Gasteiger partial charge in [0, 0.05) is 20.0 Å². The van der Waals surface area contributed by atoms with Crippen molar-refractivity contribution >= 4 is 11.9 Å². The van der Waals surface area contributed by atoms with Crippen molar-refractivity contribution in [2.24, 2.45) is 0 Å². The van der Waals surface area contributed by atoms with Gasteiger partial charge in [-0.2, -0.15) is 13.2 Å². The number of benzene rings is 1. The lowest BCUT2D eigenvalue weighted by Gasteiger charge is -2.49. The molecule has 0 saturated carbocycles. The van der Waals surface area contributed by atoms with E-state index in [1.807, 2.05) is 17.2 Å². The Morgan fingerprint density at radius 3 is 2.27 bits per heavy atom. The minimum Gasteiger partial charge on any atom is -0.475 e. The number of hydrogen-bond donors (Lipinski definition) is 2. The van der Waals surface area contributed by atoms with Crippen LogP contribution in [-0.2, 0) is 21.7 Å². The number of carbonyl (C=O) groups is 2. The summed E-state index contributed by atoms with van der Waals surface area (Å²) >= 11 is 0. The third kappa shape index (κ3) is 4.18. The quantitative estimate of drug-likeness (QED) is 0.735. The summed E-state index contributed by atoms with van der Waals surface area (Å²) in [5.41, 5.74) is 2.09. The molecule has 2 aliphatic heterocycles. The first-order valence-corrected chi connectivity index (χ1v) is 9.57. The van der Waals surface area contributed by atoms with E-state index in [1.54, 1.807) is 6.92 Å². The van der Waals surface area contributed by atoms with Crippen LogP contribution in [-0.4, -0.2) is 57.2 Å². The highest BCUT2D eigenvalue weighted by atomic mass is 19.4. The Balaban J connectivity index is 0.000000318. The topological polar surface area (TPSA) is 87.5 Å². The van der Waals surface area contributed by atoms with E-state index in [-0.39, 0.29) is 11.4 Å². The predicted molar refractivity (Wildman–Crippen MR) is 103 cm³/mol. The van der Waals surface area contributed by atoms with Gasteiger partial charge in [0.15, 0.2) is 0 Å². The zero-order valence-corrected chi connectivity index (χ0v) is 16.4. The molecule has 30 heavy (non-hydrogen) atoms. The summed E-state index contributed by atoms with van der Waals surface area (Å²) in [5, 5.41) is 10.5. The number of nitrogens with one attached hydrogen (secondary N) is 1. The number of aliphatic carboxylic acids is 1. The number of aromatic nitrogens is 2. The van der Waals surface area contributed by atoms with E-state index in [0.717, 1.165) is 50.5 Å². The second-order valence-corrected chi connectivity index (χ2v) is 7.24. The number of hydrogen-bond acceptors (Lipinski definition) is 4. The fourth-order valence-electron chi connectivity index (χ4n) is 4.14. The molecule has 162 valence electrons. The molecule has 1 fully saturated rings. The number of rotatable bonds is 1. The van der Waals surface area contributed by atoms with Crippen LogP contribution >= 0.6 is 0 Å². The largest absolute Gasteiger partial charge is 0.490 e. The number of alkyl halides is 3. The van der Waals surface area contributed by atoms with Gasteiger partial charge in [0.05, 0.1) is 11.9 Å². The third-order valence-electron chi connectivity index (χ3n) is 5.46. The minimum absolute atomic E-state index is 0.155. The lowest BCUT2D eigenvalue weighted by Crippen LogP contribution is -2.58. The molecule has 10 heteroatoms. The Morgan fingerprint density at radius 1 is 1.13 bits per heavy atom. The number of carbonyl (C=O) groups excluding carboxylic acids is 1. The molecule has 7 nitrogen and oxygen atoms in total. The van der Waals surface area contributed by atoms with Crippen LogP contribution < -0.4 is 5.32 Å². The van der Waals surface area contributed by atoms with Gasteiger partial charge in [0.2, 0.25) is 5.91 Å². The first-order chi connectivity index (χ1) is 14.2. The molecule has 0 bridgehead atoms. The van der Waals surface area contributed by atoms with Gasteiger partial charge >= 0.3 is 12.1 Å². The third-order valence-corrected chi connectivity index (χ3v) is 5.46. The summed E-state index contributed by atoms with van der Waals surface area (Å²) in [6, 6.07) is 10.4. The molecule has 1 aromatic carbocycles. The van der Waals surface area contributed by atoms with Crippen molar-refractivity contribution in [3.63, 3.8) is 0 Å². The van der Waals surface area contributed by atoms with E-state index >= 15 is 0 Å². The maximum Gasteiger partial charge on any atom is 0.490 e. The van der Waals surface area contributed by atoms with Crippen LogP contribution in [0.15, 0.2) is 36.5 Å². The molecule has 0 radical (unpaired) electrons. The number of nitrogens with zero attached hydrogens (tertiary/aromatic N) is 3. The second kappa shape index (κ2) is 8.47. The molecule has 1 saturated heterocycles.